The zero-order valence-corrected chi connectivity index (χ0v) is 18.7. The second kappa shape index (κ2) is 8.65. The van der Waals surface area contributed by atoms with Crippen LogP contribution in [0.2, 0.25) is 0 Å². The summed E-state index contributed by atoms with van der Waals surface area (Å²) in [5, 5.41) is 4.16. The van der Waals surface area contributed by atoms with E-state index in [0.717, 1.165) is 19.4 Å². The van der Waals surface area contributed by atoms with Gasteiger partial charge in [-0.1, -0.05) is 0 Å². The topological polar surface area (TPSA) is 101 Å². The van der Waals surface area contributed by atoms with Crippen LogP contribution in [0.25, 0.3) is 0 Å². The van der Waals surface area contributed by atoms with Crippen molar-refractivity contribution in [2.24, 2.45) is 5.92 Å². The van der Waals surface area contributed by atoms with Crippen molar-refractivity contribution in [3.63, 3.8) is 0 Å². The van der Waals surface area contributed by atoms with Crippen LogP contribution >= 0.6 is 0 Å². The van der Waals surface area contributed by atoms with E-state index in [1.807, 2.05) is 12.1 Å². The average Bonchev–Trinajstić information content (AvgIpc) is 3.40. The first-order valence-electron chi connectivity index (χ1n) is 10.6. The number of nitrogens with one attached hydrogen (secondary N) is 4. The maximum Gasteiger partial charge on any atom is 0.405 e. The number of nitrogens with zero attached hydrogens (tertiary/aromatic N) is 3. The number of methoxy groups -OCH3 is 1. The number of ether oxygens (including phenoxy) is 1. The van der Waals surface area contributed by atoms with Gasteiger partial charge in [-0.2, -0.15) is 13.2 Å². The molecule has 3 saturated heterocycles. The first-order chi connectivity index (χ1) is 14.5. The van der Waals surface area contributed by atoms with Gasteiger partial charge in [-0.05, 0) is 18.8 Å². The maximum atomic E-state index is 13.2. The summed E-state index contributed by atoms with van der Waals surface area (Å²) >= 11 is 0. The molecule has 4 fully saturated rings. The number of likely N-dealkylation sites (N-methyl/N-ethyl adjacent to an activating group) is 1. The molecule has 4 aliphatic rings. The van der Waals surface area contributed by atoms with Gasteiger partial charge in [0.15, 0.2) is 0 Å². The molecule has 7 unspecified atom stereocenters. The van der Waals surface area contributed by atoms with E-state index in [4.69, 9.17) is 4.74 Å². The molecule has 0 radical (unpaired) electrons. The van der Waals surface area contributed by atoms with Gasteiger partial charge in [-0.25, -0.2) is 33.6 Å². The standard InChI is InChI=1S/C17H32F3N7O3S/c1-25-14(6-13(23-25)17(18,19)20)27-9-11(8-22-27)31(28,29)24-15-12(30-3)5-4-10-7-21-26(2)16(10)15/h10-16,21-24H,4-9H2,1-3H3. The molecule has 1 aliphatic carbocycles. The van der Waals surface area contributed by atoms with Gasteiger partial charge >= 0.3 is 6.18 Å². The monoisotopic (exact) mass is 471 g/mol. The third-order valence-corrected chi connectivity index (χ3v) is 8.89. The van der Waals surface area contributed by atoms with Crippen LogP contribution in [0.3, 0.4) is 0 Å². The van der Waals surface area contributed by atoms with Crippen molar-refractivity contribution in [1.82, 2.24) is 36.0 Å². The molecule has 0 bridgehead atoms. The summed E-state index contributed by atoms with van der Waals surface area (Å²) in [4.78, 5) is 0. The Morgan fingerprint density at radius 1 is 1.10 bits per heavy atom. The molecule has 0 aromatic rings. The third-order valence-electron chi connectivity index (χ3n) is 7.10. The Labute approximate surface area is 180 Å². The summed E-state index contributed by atoms with van der Waals surface area (Å²) in [7, 11) is 1.29. The minimum absolute atomic E-state index is 0.0170. The summed E-state index contributed by atoms with van der Waals surface area (Å²) < 4.78 is 74.2. The Hall–Kier alpha value is -0.580. The Bertz CT molecular complexity index is 758. The van der Waals surface area contributed by atoms with Crippen LogP contribution in [0.4, 0.5) is 13.2 Å². The Kier molecular flexibility index (Phi) is 6.58. The molecule has 0 aromatic carbocycles. The maximum absolute atomic E-state index is 13.2. The summed E-state index contributed by atoms with van der Waals surface area (Å²) in [6.45, 7) is 1.04. The van der Waals surface area contributed by atoms with Gasteiger partial charge in [-0.15, -0.1) is 0 Å². The Morgan fingerprint density at radius 3 is 2.48 bits per heavy atom. The molecule has 0 aromatic heterocycles. The fourth-order valence-electron chi connectivity index (χ4n) is 5.38. The fourth-order valence-corrected chi connectivity index (χ4v) is 6.90. The van der Waals surface area contributed by atoms with E-state index in [1.54, 1.807) is 12.1 Å². The van der Waals surface area contributed by atoms with Gasteiger partial charge in [0.05, 0.1) is 18.3 Å². The zero-order valence-electron chi connectivity index (χ0n) is 17.9. The molecule has 1 saturated carbocycles. The molecule has 10 nitrogen and oxygen atoms in total. The predicted molar refractivity (Wildman–Crippen MR) is 107 cm³/mol. The molecule has 180 valence electrons. The van der Waals surface area contributed by atoms with Gasteiger partial charge in [0.2, 0.25) is 10.0 Å². The van der Waals surface area contributed by atoms with Crippen molar-refractivity contribution in [3.05, 3.63) is 0 Å². The van der Waals surface area contributed by atoms with Crippen LogP contribution in [0.1, 0.15) is 19.3 Å². The van der Waals surface area contributed by atoms with Crippen LogP contribution < -0.4 is 21.0 Å². The lowest BCUT2D eigenvalue weighted by Crippen LogP contribution is -2.61. The normalized spacial score (nSPS) is 41.2. The van der Waals surface area contributed by atoms with Crippen molar-refractivity contribution < 1.29 is 26.3 Å². The number of hydrogen-bond acceptors (Lipinski definition) is 9. The number of hydrazine groups is 3. The molecule has 31 heavy (non-hydrogen) atoms. The second-order valence-corrected chi connectivity index (χ2v) is 10.9. The average molecular weight is 472 g/mol. The summed E-state index contributed by atoms with van der Waals surface area (Å²) in [6, 6.07) is -2.06. The lowest BCUT2D eigenvalue weighted by Gasteiger charge is -2.41. The highest BCUT2D eigenvalue weighted by atomic mass is 32.2. The number of alkyl halides is 3. The number of halogens is 3. The highest BCUT2D eigenvalue weighted by Crippen LogP contribution is 2.34. The molecule has 7 atom stereocenters. The molecular weight excluding hydrogens is 439 g/mol. The van der Waals surface area contributed by atoms with E-state index in [1.165, 1.54) is 12.1 Å². The molecule has 3 aliphatic heterocycles. The third kappa shape index (κ3) is 4.59. The van der Waals surface area contributed by atoms with Crippen molar-refractivity contribution >= 4 is 10.0 Å². The quantitative estimate of drug-likeness (QED) is 0.394. The summed E-state index contributed by atoms with van der Waals surface area (Å²) in [6.07, 6.45) is -3.64. The highest BCUT2D eigenvalue weighted by molar-refractivity contribution is 7.90. The number of sulfonamides is 1. The van der Waals surface area contributed by atoms with Gasteiger partial charge in [0, 0.05) is 53.3 Å². The number of hydrogen-bond donors (Lipinski definition) is 4. The minimum atomic E-state index is -4.36. The van der Waals surface area contributed by atoms with E-state index >= 15 is 0 Å². The van der Waals surface area contributed by atoms with Gasteiger partial charge in [0.25, 0.3) is 0 Å². The van der Waals surface area contributed by atoms with Gasteiger partial charge in [-0.3, -0.25) is 10.9 Å². The van der Waals surface area contributed by atoms with Crippen LogP contribution in [-0.2, 0) is 14.8 Å². The van der Waals surface area contributed by atoms with Gasteiger partial charge < -0.3 is 4.74 Å². The van der Waals surface area contributed by atoms with E-state index in [2.05, 4.69) is 21.0 Å². The van der Waals surface area contributed by atoms with E-state index in [-0.39, 0.29) is 31.7 Å². The first-order valence-corrected chi connectivity index (χ1v) is 12.1. The molecule has 14 heteroatoms. The predicted octanol–water partition coefficient (Wildman–Crippen LogP) is -1.20. The first kappa shape index (κ1) is 23.6. The van der Waals surface area contributed by atoms with Crippen LogP contribution in [0.15, 0.2) is 0 Å². The van der Waals surface area contributed by atoms with Crippen molar-refractivity contribution in [2.75, 3.05) is 40.8 Å². The van der Waals surface area contributed by atoms with Crippen LogP contribution in [0, 0.1) is 5.92 Å². The van der Waals surface area contributed by atoms with Crippen LogP contribution in [0.5, 0.6) is 0 Å². The van der Waals surface area contributed by atoms with Crippen molar-refractivity contribution in [2.45, 2.75) is 61.1 Å². The fraction of sp³-hybridized carbons (Fsp3) is 1.00. The van der Waals surface area contributed by atoms with Crippen LogP contribution in [-0.4, -0.2) is 106 Å². The lowest BCUT2D eigenvalue weighted by molar-refractivity contribution is -0.156. The lowest BCUT2D eigenvalue weighted by atomic mass is 9.80. The zero-order chi connectivity index (χ0) is 22.6. The SMILES string of the molecule is COC1CCC2CNN(C)C2C1NS(=O)(=O)C1CNN(C2CC(C(F)(F)F)NN2C)C1. The van der Waals surface area contributed by atoms with E-state index in [0.29, 0.717) is 5.92 Å². The molecule has 3 heterocycles. The highest BCUT2D eigenvalue weighted by Gasteiger charge is 2.51. The van der Waals surface area contributed by atoms with E-state index < -0.39 is 39.7 Å². The Morgan fingerprint density at radius 2 is 1.84 bits per heavy atom. The smallest absolute Gasteiger partial charge is 0.380 e. The van der Waals surface area contributed by atoms with E-state index in [9.17, 15) is 21.6 Å². The summed E-state index contributed by atoms with van der Waals surface area (Å²) in [5.74, 6) is 0.333. The van der Waals surface area contributed by atoms with Crippen molar-refractivity contribution in [3.8, 4) is 0 Å². The van der Waals surface area contributed by atoms with Gasteiger partial charge in [0.1, 0.15) is 11.3 Å². The molecular formula is C17H32F3N7O3S. The number of fused-ring (bicyclic) bond motifs is 1. The minimum Gasteiger partial charge on any atom is -0.380 e. The molecule has 4 N–H and O–H groups in total. The summed E-state index contributed by atoms with van der Waals surface area (Å²) in [5.41, 5.74) is 8.68. The largest absolute Gasteiger partial charge is 0.405 e. The molecule has 0 amide bonds. The molecule has 4 rings (SSSR count). The number of rotatable bonds is 5. The molecule has 0 spiro atoms. The Balaban J connectivity index is 1.42. The second-order valence-electron chi connectivity index (χ2n) is 8.95. The van der Waals surface area contributed by atoms with Crippen molar-refractivity contribution in [1.29, 1.82) is 0 Å².